The molecule has 1 atom stereocenters. The molecule has 5 heteroatoms. The molecule has 2 fully saturated rings. The second kappa shape index (κ2) is 8.89. The SMILES string of the molecule is Cc1cc(C)c(C(=O)COC(=O)C2CCCCN2C(=O)C2CCCC2)cc1C. The van der Waals surface area contributed by atoms with Gasteiger partial charge in [-0.05, 0) is 75.6 Å². The van der Waals surface area contributed by atoms with Crippen LogP contribution in [0.4, 0.5) is 0 Å². The summed E-state index contributed by atoms with van der Waals surface area (Å²) in [5.74, 6) is -0.497. The Labute approximate surface area is 167 Å². The fourth-order valence-corrected chi connectivity index (χ4v) is 4.42. The fraction of sp³-hybridized carbons (Fsp3) is 0.609. The summed E-state index contributed by atoms with van der Waals surface area (Å²) in [6.07, 6.45) is 6.45. The number of carbonyl (C=O) groups excluding carboxylic acids is 3. The molecule has 0 N–H and O–H groups in total. The van der Waals surface area contributed by atoms with Crippen molar-refractivity contribution in [1.29, 1.82) is 0 Å². The number of piperidine rings is 1. The lowest BCUT2D eigenvalue weighted by molar-refractivity contribution is -0.157. The zero-order chi connectivity index (χ0) is 20.3. The first kappa shape index (κ1) is 20.6. The van der Waals surface area contributed by atoms with Gasteiger partial charge in [0.15, 0.2) is 6.61 Å². The predicted molar refractivity (Wildman–Crippen MR) is 107 cm³/mol. The van der Waals surface area contributed by atoms with E-state index in [1.807, 2.05) is 32.9 Å². The van der Waals surface area contributed by atoms with Gasteiger partial charge in [0, 0.05) is 18.0 Å². The van der Waals surface area contributed by atoms with Crippen LogP contribution in [0.5, 0.6) is 0 Å². The van der Waals surface area contributed by atoms with Crippen LogP contribution in [0.25, 0.3) is 0 Å². The van der Waals surface area contributed by atoms with Crippen molar-refractivity contribution in [2.75, 3.05) is 13.2 Å². The summed E-state index contributed by atoms with van der Waals surface area (Å²) in [4.78, 5) is 39.8. The Kier molecular flexibility index (Phi) is 6.53. The third-order valence-corrected chi connectivity index (χ3v) is 6.25. The minimum absolute atomic E-state index is 0.0493. The summed E-state index contributed by atoms with van der Waals surface area (Å²) in [6, 6.07) is 3.29. The molecule has 0 spiro atoms. The van der Waals surface area contributed by atoms with E-state index in [1.165, 1.54) is 0 Å². The second-order valence-corrected chi connectivity index (χ2v) is 8.31. The standard InChI is InChI=1S/C23H31NO4/c1-15-12-17(3)19(13-16(15)2)21(25)14-28-23(27)20-10-6-7-11-24(20)22(26)18-8-4-5-9-18/h12-13,18,20H,4-11,14H2,1-3H3. The van der Waals surface area contributed by atoms with E-state index in [4.69, 9.17) is 4.74 Å². The minimum Gasteiger partial charge on any atom is -0.456 e. The van der Waals surface area contributed by atoms with Gasteiger partial charge in [-0.25, -0.2) is 4.79 Å². The molecule has 5 nitrogen and oxygen atoms in total. The molecule has 2 aliphatic rings. The molecule has 1 aromatic rings. The Bertz CT molecular complexity index is 764. The number of rotatable bonds is 5. The van der Waals surface area contributed by atoms with E-state index in [1.54, 1.807) is 4.90 Å². The highest BCUT2D eigenvalue weighted by Crippen LogP contribution is 2.29. The van der Waals surface area contributed by atoms with Crippen LogP contribution in [0.3, 0.4) is 0 Å². The van der Waals surface area contributed by atoms with Crippen LogP contribution in [0, 0.1) is 26.7 Å². The maximum absolute atomic E-state index is 12.8. The van der Waals surface area contributed by atoms with Crippen molar-refractivity contribution in [2.45, 2.75) is 71.8 Å². The van der Waals surface area contributed by atoms with Gasteiger partial charge in [0.05, 0.1) is 0 Å². The fourth-order valence-electron chi connectivity index (χ4n) is 4.42. The molecule has 0 radical (unpaired) electrons. The molecule has 28 heavy (non-hydrogen) atoms. The van der Waals surface area contributed by atoms with Crippen molar-refractivity contribution < 1.29 is 19.1 Å². The molecule has 0 bridgehead atoms. The average Bonchev–Trinajstić information content (AvgIpc) is 3.23. The summed E-state index contributed by atoms with van der Waals surface area (Å²) in [5, 5.41) is 0. The summed E-state index contributed by atoms with van der Waals surface area (Å²) in [5.41, 5.74) is 3.66. The Morgan fingerprint density at radius 3 is 2.29 bits per heavy atom. The summed E-state index contributed by atoms with van der Waals surface area (Å²) >= 11 is 0. The van der Waals surface area contributed by atoms with Crippen molar-refractivity contribution in [3.8, 4) is 0 Å². The van der Waals surface area contributed by atoms with Crippen LogP contribution in [0.1, 0.15) is 72.0 Å². The van der Waals surface area contributed by atoms with Gasteiger partial charge < -0.3 is 9.64 Å². The van der Waals surface area contributed by atoms with Gasteiger partial charge in [0.25, 0.3) is 0 Å². The maximum Gasteiger partial charge on any atom is 0.329 e. The van der Waals surface area contributed by atoms with Crippen LogP contribution in [-0.2, 0) is 14.3 Å². The Hall–Kier alpha value is -2.17. The Morgan fingerprint density at radius 1 is 0.929 bits per heavy atom. The first-order chi connectivity index (χ1) is 13.4. The lowest BCUT2D eigenvalue weighted by Crippen LogP contribution is -2.50. The van der Waals surface area contributed by atoms with Crippen molar-refractivity contribution in [3.63, 3.8) is 0 Å². The topological polar surface area (TPSA) is 63.7 Å². The molecule has 152 valence electrons. The zero-order valence-electron chi connectivity index (χ0n) is 17.3. The minimum atomic E-state index is -0.546. The number of carbonyl (C=O) groups is 3. The van der Waals surface area contributed by atoms with E-state index in [0.717, 1.165) is 55.2 Å². The van der Waals surface area contributed by atoms with Crippen LogP contribution >= 0.6 is 0 Å². The van der Waals surface area contributed by atoms with Gasteiger partial charge in [0.1, 0.15) is 6.04 Å². The smallest absolute Gasteiger partial charge is 0.329 e. The van der Waals surface area contributed by atoms with E-state index in [0.29, 0.717) is 18.5 Å². The molecule has 0 aromatic heterocycles. The molecule has 3 rings (SSSR count). The van der Waals surface area contributed by atoms with E-state index < -0.39 is 12.0 Å². The number of likely N-dealkylation sites (tertiary alicyclic amines) is 1. The molecule has 1 aliphatic heterocycles. The van der Waals surface area contributed by atoms with Crippen molar-refractivity contribution in [2.24, 2.45) is 5.92 Å². The average molecular weight is 386 g/mol. The quantitative estimate of drug-likeness (QED) is 0.569. The first-order valence-corrected chi connectivity index (χ1v) is 10.5. The van der Waals surface area contributed by atoms with Crippen LogP contribution < -0.4 is 0 Å². The van der Waals surface area contributed by atoms with Crippen molar-refractivity contribution in [3.05, 3.63) is 34.4 Å². The molecule has 1 aliphatic carbocycles. The lowest BCUT2D eigenvalue weighted by Gasteiger charge is -2.35. The number of ketones is 1. The summed E-state index contributed by atoms with van der Waals surface area (Å²) < 4.78 is 5.38. The van der Waals surface area contributed by atoms with Crippen molar-refractivity contribution >= 4 is 17.7 Å². The normalized spacial score (nSPS) is 20.2. The number of nitrogens with zero attached hydrogens (tertiary/aromatic N) is 1. The van der Waals surface area contributed by atoms with Crippen LogP contribution in [0.2, 0.25) is 0 Å². The first-order valence-electron chi connectivity index (χ1n) is 10.5. The number of Topliss-reactive ketones (excluding diaryl/α,β-unsaturated/α-hetero) is 1. The molecule has 1 amide bonds. The molecule has 1 unspecified atom stereocenters. The summed E-state index contributed by atoms with van der Waals surface area (Å²) in [6.45, 7) is 6.20. The second-order valence-electron chi connectivity index (χ2n) is 8.31. The largest absolute Gasteiger partial charge is 0.456 e. The van der Waals surface area contributed by atoms with Gasteiger partial charge in [-0.15, -0.1) is 0 Å². The Morgan fingerprint density at radius 2 is 1.57 bits per heavy atom. The molecule has 1 saturated heterocycles. The monoisotopic (exact) mass is 385 g/mol. The predicted octanol–water partition coefficient (Wildman–Crippen LogP) is 3.91. The van der Waals surface area contributed by atoms with Gasteiger partial charge in [-0.3, -0.25) is 9.59 Å². The highest BCUT2D eigenvalue weighted by atomic mass is 16.5. The van der Waals surface area contributed by atoms with E-state index >= 15 is 0 Å². The summed E-state index contributed by atoms with van der Waals surface area (Å²) in [7, 11) is 0. The number of hydrogen-bond acceptors (Lipinski definition) is 4. The number of hydrogen-bond donors (Lipinski definition) is 0. The molecule has 1 saturated carbocycles. The van der Waals surface area contributed by atoms with Gasteiger partial charge >= 0.3 is 5.97 Å². The number of benzene rings is 1. The number of ether oxygens (including phenoxy) is 1. The number of esters is 1. The van der Waals surface area contributed by atoms with Crippen molar-refractivity contribution in [1.82, 2.24) is 4.90 Å². The van der Waals surface area contributed by atoms with Gasteiger partial charge in [-0.1, -0.05) is 18.9 Å². The number of aryl methyl sites for hydroxylation is 3. The van der Waals surface area contributed by atoms with Gasteiger partial charge in [0.2, 0.25) is 11.7 Å². The van der Waals surface area contributed by atoms with E-state index in [-0.39, 0.29) is 24.2 Å². The van der Waals surface area contributed by atoms with E-state index in [9.17, 15) is 14.4 Å². The molecule has 1 heterocycles. The molecule has 1 aromatic carbocycles. The van der Waals surface area contributed by atoms with E-state index in [2.05, 4.69) is 0 Å². The third kappa shape index (κ3) is 4.45. The van der Waals surface area contributed by atoms with Gasteiger partial charge in [-0.2, -0.15) is 0 Å². The molecular weight excluding hydrogens is 354 g/mol. The highest BCUT2D eigenvalue weighted by Gasteiger charge is 2.37. The highest BCUT2D eigenvalue weighted by molar-refractivity contribution is 5.99. The maximum atomic E-state index is 12.8. The Balaban J connectivity index is 1.63. The zero-order valence-corrected chi connectivity index (χ0v) is 17.3. The lowest BCUT2D eigenvalue weighted by atomic mass is 9.98. The molecular formula is C23H31NO4. The number of amides is 1. The third-order valence-electron chi connectivity index (χ3n) is 6.25. The van der Waals surface area contributed by atoms with Crippen LogP contribution in [0.15, 0.2) is 12.1 Å². The van der Waals surface area contributed by atoms with Crippen LogP contribution in [-0.4, -0.2) is 41.8 Å².